The van der Waals surface area contributed by atoms with Crippen molar-refractivity contribution in [1.82, 2.24) is 10.2 Å². The van der Waals surface area contributed by atoms with Gasteiger partial charge in [-0.1, -0.05) is 0 Å². The van der Waals surface area contributed by atoms with Crippen molar-refractivity contribution in [2.75, 3.05) is 32.8 Å². The van der Waals surface area contributed by atoms with Crippen LogP contribution in [0.3, 0.4) is 0 Å². The lowest BCUT2D eigenvalue weighted by Gasteiger charge is -2.37. The molecule has 20 heavy (non-hydrogen) atoms. The molecule has 2 saturated heterocycles. The van der Waals surface area contributed by atoms with Gasteiger partial charge in [-0.05, 0) is 20.8 Å². The monoisotopic (exact) mass is 292 g/mol. The lowest BCUT2D eigenvalue weighted by Crippen LogP contribution is -2.52. The summed E-state index contributed by atoms with van der Waals surface area (Å²) in [6.45, 7) is 5.99. The number of carbonyl (C=O) groups is 1. The molecule has 2 aliphatic rings. The van der Waals surface area contributed by atoms with Gasteiger partial charge < -0.3 is 19.7 Å². The van der Waals surface area contributed by atoms with Gasteiger partial charge in [-0.3, -0.25) is 0 Å². The van der Waals surface area contributed by atoms with E-state index in [9.17, 15) is 13.6 Å². The van der Waals surface area contributed by atoms with E-state index in [-0.39, 0.29) is 26.2 Å². The van der Waals surface area contributed by atoms with Crippen molar-refractivity contribution in [3.8, 4) is 0 Å². The molecule has 116 valence electrons. The molecule has 0 aromatic rings. The molecule has 0 aromatic carbocycles. The summed E-state index contributed by atoms with van der Waals surface area (Å²) in [5.74, 6) is -3.69. The summed E-state index contributed by atoms with van der Waals surface area (Å²) in [5, 5.41) is 2.68. The van der Waals surface area contributed by atoms with E-state index in [1.165, 1.54) is 4.90 Å². The van der Waals surface area contributed by atoms with Crippen LogP contribution >= 0.6 is 0 Å². The minimum absolute atomic E-state index is 0.150. The van der Waals surface area contributed by atoms with E-state index in [4.69, 9.17) is 9.47 Å². The van der Waals surface area contributed by atoms with E-state index in [0.717, 1.165) is 0 Å². The molecular weight excluding hydrogens is 270 g/mol. The molecule has 0 aliphatic carbocycles. The minimum atomic E-state index is -2.79. The molecule has 5 nitrogen and oxygen atoms in total. The molecule has 2 unspecified atom stereocenters. The van der Waals surface area contributed by atoms with Crippen molar-refractivity contribution in [1.29, 1.82) is 0 Å². The normalized spacial score (nSPS) is 30.4. The third kappa shape index (κ3) is 3.58. The number of halogens is 2. The highest BCUT2D eigenvalue weighted by atomic mass is 19.3. The Balaban J connectivity index is 1.97. The van der Waals surface area contributed by atoms with Crippen LogP contribution in [0.15, 0.2) is 0 Å². The molecule has 0 bridgehead atoms. The van der Waals surface area contributed by atoms with E-state index in [1.54, 1.807) is 20.8 Å². The first kappa shape index (κ1) is 15.4. The fourth-order valence-corrected chi connectivity index (χ4v) is 2.49. The van der Waals surface area contributed by atoms with Crippen molar-refractivity contribution in [3.63, 3.8) is 0 Å². The van der Waals surface area contributed by atoms with Crippen LogP contribution in [0.25, 0.3) is 0 Å². The SMILES string of the molecule is CC(C)(C)OC(=O)N1CCOC(C2CNCC2(F)F)C1. The highest BCUT2D eigenvalue weighted by Crippen LogP contribution is 2.33. The number of hydrogen-bond acceptors (Lipinski definition) is 4. The lowest BCUT2D eigenvalue weighted by molar-refractivity contribution is -0.120. The van der Waals surface area contributed by atoms with E-state index in [2.05, 4.69) is 5.32 Å². The third-order valence-corrected chi connectivity index (χ3v) is 3.46. The summed E-state index contributed by atoms with van der Waals surface area (Å²) in [4.78, 5) is 13.4. The number of nitrogens with zero attached hydrogens (tertiary/aromatic N) is 1. The van der Waals surface area contributed by atoms with E-state index in [0.29, 0.717) is 6.54 Å². The number of alkyl halides is 2. The Bertz CT molecular complexity index is 371. The third-order valence-electron chi connectivity index (χ3n) is 3.46. The van der Waals surface area contributed by atoms with Gasteiger partial charge in [0.15, 0.2) is 0 Å². The smallest absolute Gasteiger partial charge is 0.410 e. The number of carbonyl (C=O) groups excluding carboxylic acids is 1. The van der Waals surface area contributed by atoms with Crippen LogP contribution < -0.4 is 5.32 Å². The Morgan fingerprint density at radius 2 is 2.15 bits per heavy atom. The highest BCUT2D eigenvalue weighted by molar-refractivity contribution is 5.68. The predicted octanol–water partition coefficient (Wildman–Crippen LogP) is 1.48. The van der Waals surface area contributed by atoms with Crippen molar-refractivity contribution in [2.45, 2.75) is 38.4 Å². The average molecular weight is 292 g/mol. The lowest BCUT2D eigenvalue weighted by atomic mass is 9.97. The van der Waals surface area contributed by atoms with E-state index >= 15 is 0 Å². The summed E-state index contributed by atoms with van der Waals surface area (Å²) >= 11 is 0. The number of amides is 1. The number of ether oxygens (including phenoxy) is 2. The summed E-state index contributed by atoms with van der Waals surface area (Å²) in [7, 11) is 0. The summed E-state index contributed by atoms with van der Waals surface area (Å²) in [6, 6.07) is 0. The molecule has 0 saturated carbocycles. The van der Waals surface area contributed by atoms with Crippen LogP contribution in [0.2, 0.25) is 0 Å². The fourth-order valence-electron chi connectivity index (χ4n) is 2.49. The fraction of sp³-hybridized carbons (Fsp3) is 0.923. The molecule has 2 aliphatic heterocycles. The molecule has 1 amide bonds. The maximum atomic E-state index is 13.7. The maximum Gasteiger partial charge on any atom is 0.410 e. The number of morpholine rings is 1. The minimum Gasteiger partial charge on any atom is -0.444 e. The van der Waals surface area contributed by atoms with E-state index in [1.807, 2.05) is 0 Å². The standard InChI is InChI=1S/C13H22F2N2O3/c1-12(2,3)20-11(18)17-4-5-19-10(7-17)9-6-16-8-13(9,14)15/h9-10,16H,4-8H2,1-3H3. The second kappa shape index (κ2) is 5.44. The number of rotatable bonds is 1. The molecule has 7 heteroatoms. The molecule has 0 radical (unpaired) electrons. The van der Waals surface area contributed by atoms with Crippen LogP contribution in [-0.4, -0.2) is 61.4 Å². The maximum absolute atomic E-state index is 13.7. The quantitative estimate of drug-likeness (QED) is 0.795. The van der Waals surface area contributed by atoms with Crippen LogP contribution in [0.4, 0.5) is 13.6 Å². The van der Waals surface area contributed by atoms with E-state index < -0.39 is 29.6 Å². The number of hydrogen-bond donors (Lipinski definition) is 1. The molecule has 0 spiro atoms. The molecular formula is C13H22F2N2O3. The number of nitrogens with one attached hydrogen (secondary N) is 1. The Labute approximate surface area is 117 Å². The highest BCUT2D eigenvalue weighted by Gasteiger charge is 2.50. The van der Waals surface area contributed by atoms with Gasteiger partial charge in [0.05, 0.1) is 31.7 Å². The predicted molar refractivity (Wildman–Crippen MR) is 68.9 cm³/mol. The first-order valence-electron chi connectivity index (χ1n) is 6.87. The topological polar surface area (TPSA) is 50.8 Å². The zero-order valence-corrected chi connectivity index (χ0v) is 12.1. The van der Waals surface area contributed by atoms with Crippen molar-refractivity contribution < 1.29 is 23.0 Å². The Morgan fingerprint density at radius 1 is 1.45 bits per heavy atom. The zero-order chi connectivity index (χ0) is 15.0. The summed E-state index contributed by atoms with van der Waals surface area (Å²) in [6.07, 6.45) is -1.12. The van der Waals surface area contributed by atoms with Gasteiger partial charge in [-0.15, -0.1) is 0 Å². The first-order valence-corrected chi connectivity index (χ1v) is 6.87. The first-order chi connectivity index (χ1) is 9.19. The van der Waals surface area contributed by atoms with Crippen LogP contribution in [0.5, 0.6) is 0 Å². The Kier molecular flexibility index (Phi) is 4.20. The Hall–Kier alpha value is -0.950. The van der Waals surface area contributed by atoms with Crippen LogP contribution in [0, 0.1) is 5.92 Å². The van der Waals surface area contributed by atoms with Crippen molar-refractivity contribution >= 4 is 6.09 Å². The summed E-state index contributed by atoms with van der Waals surface area (Å²) < 4.78 is 38.1. The molecule has 0 aromatic heterocycles. The van der Waals surface area contributed by atoms with Gasteiger partial charge in [-0.25, -0.2) is 13.6 Å². The van der Waals surface area contributed by atoms with Gasteiger partial charge >= 0.3 is 6.09 Å². The van der Waals surface area contributed by atoms with Crippen molar-refractivity contribution in [3.05, 3.63) is 0 Å². The van der Waals surface area contributed by atoms with Gasteiger partial charge in [0.2, 0.25) is 0 Å². The van der Waals surface area contributed by atoms with Gasteiger partial charge in [-0.2, -0.15) is 0 Å². The molecule has 2 rings (SSSR count). The molecule has 2 heterocycles. The molecule has 2 fully saturated rings. The average Bonchev–Trinajstić information content (AvgIpc) is 2.67. The molecule has 1 N–H and O–H groups in total. The van der Waals surface area contributed by atoms with Gasteiger partial charge in [0.1, 0.15) is 5.60 Å². The van der Waals surface area contributed by atoms with Crippen molar-refractivity contribution in [2.24, 2.45) is 5.92 Å². The largest absolute Gasteiger partial charge is 0.444 e. The second-order valence-corrected chi connectivity index (χ2v) is 6.33. The second-order valence-electron chi connectivity index (χ2n) is 6.33. The Morgan fingerprint density at radius 3 is 2.70 bits per heavy atom. The van der Waals surface area contributed by atoms with Crippen LogP contribution in [-0.2, 0) is 9.47 Å². The van der Waals surface area contributed by atoms with Crippen LogP contribution in [0.1, 0.15) is 20.8 Å². The summed E-state index contributed by atoms with van der Waals surface area (Å²) in [5.41, 5.74) is -0.594. The zero-order valence-electron chi connectivity index (χ0n) is 12.1. The van der Waals surface area contributed by atoms with Gasteiger partial charge in [0, 0.05) is 13.1 Å². The molecule has 2 atom stereocenters. The van der Waals surface area contributed by atoms with Gasteiger partial charge in [0.25, 0.3) is 5.92 Å².